The second kappa shape index (κ2) is 10.6. The average Bonchev–Trinajstić information content (AvgIpc) is 2.82. The SMILES string of the molecule is Cc1ncc(-c2cc(F)c(OCCc3ccc(F)cc3)cn2)c(N2CCC(C)(C)CC2)c1CC(=O)O. The predicted octanol–water partition coefficient (Wildman–Crippen LogP) is 5.61. The van der Waals surface area contributed by atoms with Crippen molar-refractivity contribution in [2.24, 2.45) is 5.41 Å². The first-order chi connectivity index (χ1) is 17.1. The number of carboxylic acid groups (broad SMARTS) is 1. The number of aromatic nitrogens is 2. The van der Waals surface area contributed by atoms with Crippen molar-refractivity contribution in [1.82, 2.24) is 9.97 Å². The summed E-state index contributed by atoms with van der Waals surface area (Å²) >= 11 is 0. The molecule has 0 atom stereocenters. The van der Waals surface area contributed by atoms with Crippen LogP contribution in [0.5, 0.6) is 5.75 Å². The minimum Gasteiger partial charge on any atom is -0.489 e. The molecular formula is C28H31F2N3O3. The van der Waals surface area contributed by atoms with E-state index in [1.165, 1.54) is 24.4 Å². The molecule has 1 aliphatic heterocycles. The first-order valence-electron chi connectivity index (χ1n) is 12.1. The number of aryl methyl sites for hydroxylation is 1. The third-order valence-corrected chi connectivity index (χ3v) is 6.78. The van der Waals surface area contributed by atoms with Crippen LogP contribution in [0.15, 0.2) is 42.7 Å². The van der Waals surface area contributed by atoms with Gasteiger partial charge in [-0.2, -0.15) is 0 Å². The largest absolute Gasteiger partial charge is 0.489 e. The van der Waals surface area contributed by atoms with Gasteiger partial charge >= 0.3 is 5.97 Å². The van der Waals surface area contributed by atoms with Crippen molar-refractivity contribution in [3.63, 3.8) is 0 Å². The summed E-state index contributed by atoms with van der Waals surface area (Å²) in [5.74, 6) is -1.80. The van der Waals surface area contributed by atoms with Crippen LogP contribution in [0.1, 0.15) is 43.5 Å². The standard InChI is InChI=1S/C28H31F2N3O3/c1-18-21(14-26(34)35)27(33-11-9-28(2,3)10-12-33)22(16-31-18)24-15-23(30)25(17-32-24)36-13-8-19-4-6-20(29)7-5-19/h4-7,15-17H,8-14H2,1-3H3,(H,34,35). The van der Waals surface area contributed by atoms with Crippen molar-refractivity contribution in [3.8, 4) is 17.0 Å². The minimum atomic E-state index is -0.945. The number of piperidine rings is 1. The highest BCUT2D eigenvalue weighted by Gasteiger charge is 2.29. The van der Waals surface area contributed by atoms with Gasteiger partial charge in [-0.05, 0) is 42.9 Å². The van der Waals surface area contributed by atoms with Crippen molar-refractivity contribution >= 4 is 11.7 Å². The maximum atomic E-state index is 15.0. The normalized spacial score (nSPS) is 15.1. The molecule has 0 radical (unpaired) electrons. The van der Waals surface area contributed by atoms with E-state index in [0.29, 0.717) is 28.9 Å². The van der Waals surface area contributed by atoms with Crippen LogP contribution in [-0.4, -0.2) is 40.7 Å². The summed E-state index contributed by atoms with van der Waals surface area (Å²) in [6, 6.07) is 7.39. The molecule has 6 nitrogen and oxygen atoms in total. The molecule has 1 aliphatic rings. The van der Waals surface area contributed by atoms with Gasteiger partial charge in [0, 0.05) is 48.6 Å². The lowest BCUT2D eigenvalue weighted by atomic mass is 9.82. The van der Waals surface area contributed by atoms with E-state index in [4.69, 9.17) is 4.74 Å². The Morgan fingerprint density at radius 2 is 1.81 bits per heavy atom. The highest BCUT2D eigenvalue weighted by Crippen LogP contribution is 2.39. The molecule has 36 heavy (non-hydrogen) atoms. The van der Waals surface area contributed by atoms with E-state index in [1.807, 2.05) is 0 Å². The zero-order valence-corrected chi connectivity index (χ0v) is 20.9. The molecule has 1 saturated heterocycles. The number of rotatable bonds is 8. The first-order valence-corrected chi connectivity index (χ1v) is 12.1. The highest BCUT2D eigenvalue weighted by atomic mass is 19.1. The van der Waals surface area contributed by atoms with Gasteiger partial charge in [0.25, 0.3) is 0 Å². The van der Waals surface area contributed by atoms with Gasteiger partial charge in [-0.25, -0.2) is 8.78 Å². The fourth-order valence-corrected chi connectivity index (χ4v) is 4.48. The number of hydrogen-bond donors (Lipinski definition) is 1. The maximum absolute atomic E-state index is 15.0. The van der Waals surface area contributed by atoms with Gasteiger partial charge in [0.15, 0.2) is 11.6 Å². The van der Waals surface area contributed by atoms with E-state index in [0.717, 1.165) is 37.2 Å². The number of benzene rings is 1. The summed E-state index contributed by atoms with van der Waals surface area (Å²) in [6.45, 7) is 8.00. The molecule has 0 amide bonds. The molecule has 0 unspecified atom stereocenters. The Morgan fingerprint density at radius 3 is 2.44 bits per heavy atom. The number of carbonyl (C=O) groups is 1. The summed E-state index contributed by atoms with van der Waals surface area (Å²) in [4.78, 5) is 22.7. The molecule has 1 N–H and O–H groups in total. The van der Waals surface area contributed by atoms with Gasteiger partial charge in [-0.3, -0.25) is 14.8 Å². The minimum absolute atomic E-state index is 0.0213. The molecule has 4 rings (SSSR count). The Balaban J connectivity index is 1.61. The molecule has 3 heterocycles. The Bertz CT molecular complexity index is 1240. The number of hydrogen-bond acceptors (Lipinski definition) is 5. The first kappa shape index (κ1) is 25.5. The smallest absolute Gasteiger partial charge is 0.307 e. The zero-order valence-electron chi connectivity index (χ0n) is 20.9. The average molecular weight is 496 g/mol. The summed E-state index contributed by atoms with van der Waals surface area (Å²) in [5.41, 5.74) is 4.10. The summed E-state index contributed by atoms with van der Waals surface area (Å²) < 4.78 is 33.7. The second-order valence-corrected chi connectivity index (χ2v) is 10.0. The fraction of sp³-hybridized carbons (Fsp3) is 0.393. The highest BCUT2D eigenvalue weighted by molar-refractivity contribution is 5.83. The second-order valence-electron chi connectivity index (χ2n) is 10.0. The third-order valence-electron chi connectivity index (χ3n) is 6.78. The molecule has 1 fully saturated rings. The molecule has 2 aromatic heterocycles. The van der Waals surface area contributed by atoms with Crippen molar-refractivity contribution < 1.29 is 23.4 Å². The topological polar surface area (TPSA) is 75.6 Å². The van der Waals surface area contributed by atoms with Crippen molar-refractivity contribution in [1.29, 1.82) is 0 Å². The third kappa shape index (κ3) is 5.98. The Morgan fingerprint density at radius 1 is 1.11 bits per heavy atom. The predicted molar refractivity (Wildman–Crippen MR) is 134 cm³/mol. The molecule has 0 bridgehead atoms. The zero-order chi connectivity index (χ0) is 25.9. The van der Waals surface area contributed by atoms with Crippen LogP contribution in [0.3, 0.4) is 0 Å². The van der Waals surface area contributed by atoms with E-state index in [1.54, 1.807) is 25.3 Å². The number of pyridine rings is 2. The lowest BCUT2D eigenvalue weighted by Gasteiger charge is -2.40. The lowest BCUT2D eigenvalue weighted by molar-refractivity contribution is -0.136. The van der Waals surface area contributed by atoms with Crippen LogP contribution in [-0.2, 0) is 17.6 Å². The van der Waals surface area contributed by atoms with E-state index in [-0.39, 0.29) is 30.0 Å². The van der Waals surface area contributed by atoms with E-state index < -0.39 is 11.8 Å². The molecule has 190 valence electrons. The van der Waals surface area contributed by atoms with Gasteiger partial charge in [0.1, 0.15) is 5.82 Å². The van der Waals surface area contributed by atoms with Crippen molar-refractivity contribution in [2.75, 3.05) is 24.6 Å². The summed E-state index contributed by atoms with van der Waals surface area (Å²) in [5, 5.41) is 9.56. The number of carboxylic acids is 1. The van der Waals surface area contributed by atoms with Crippen LogP contribution in [0.4, 0.5) is 14.5 Å². The number of anilines is 1. The monoisotopic (exact) mass is 495 g/mol. The molecular weight excluding hydrogens is 464 g/mol. The molecule has 0 aliphatic carbocycles. The van der Waals surface area contributed by atoms with Gasteiger partial charge in [-0.1, -0.05) is 26.0 Å². The number of aliphatic carboxylic acids is 1. The van der Waals surface area contributed by atoms with Crippen molar-refractivity contribution in [3.05, 3.63) is 71.2 Å². The van der Waals surface area contributed by atoms with Crippen LogP contribution >= 0.6 is 0 Å². The number of ether oxygens (including phenoxy) is 1. The summed E-state index contributed by atoms with van der Waals surface area (Å²) in [7, 11) is 0. The molecule has 0 spiro atoms. The van der Waals surface area contributed by atoms with Crippen LogP contribution in [0.2, 0.25) is 0 Å². The maximum Gasteiger partial charge on any atom is 0.307 e. The summed E-state index contributed by atoms with van der Waals surface area (Å²) in [6.07, 6.45) is 5.24. The number of nitrogens with zero attached hydrogens (tertiary/aromatic N) is 3. The van der Waals surface area contributed by atoms with E-state index >= 15 is 4.39 Å². The van der Waals surface area contributed by atoms with Crippen LogP contribution < -0.4 is 9.64 Å². The fourth-order valence-electron chi connectivity index (χ4n) is 4.48. The number of halogens is 2. The molecule has 3 aromatic rings. The van der Waals surface area contributed by atoms with Gasteiger partial charge < -0.3 is 14.7 Å². The Hall–Kier alpha value is -3.55. The van der Waals surface area contributed by atoms with Gasteiger partial charge in [0.2, 0.25) is 0 Å². The lowest BCUT2D eigenvalue weighted by Crippen LogP contribution is -2.38. The van der Waals surface area contributed by atoms with Crippen LogP contribution in [0.25, 0.3) is 11.3 Å². The van der Waals surface area contributed by atoms with Gasteiger partial charge in [-0.15, -0.1) is 0 Å². The molecule has 1 aromatic carbocycles. The van der Waals surface area contributed by atoms with Gasteiger partial charge in [0.05, 0.1) is 30.6 Å². The van der Waals surface area contributed by atoms with Crippen LogP contribution in [0, 0.1) is 24.0 Å². The Kier molecular flexibility index (Phi) is 7.52. The Labute approximate surface area is 210 Å². The van der Waals surface area contributed by atoms with E-state index in [2.05, 4.69) is 28.7 Å². The quantitative estimate of drug-likeness (QED) is 0.438. The molecule has 8 heteroatoms. The molecule has 0 saturated carbocycles. The van der Waals surface area contributed by atoms with Crippen molar-refractivity contribution in [2.45, 2.75) is 46.5 Å². The van der Waals surface area contributed by atoms with E-state index in [9.17, 15) is 14.3 Å².